The summed E-state index contributed by atoms with van der Waals surface area (Å²) in [6.07, 6.45) is 103. The molecule has 0 bridgehead atoms. The van der Waals surface area contributed by atoms with Gasteiger partial charge in [-0.15, -0.1) is 0 Å². The lowest BCUT2D eigenvalue weighted by molar-refractivity contribution is 0.511. The largest absolute Gasteiger partial charge is 0.0654 e. The smallest absolute Gasteiger partial charge is 0.0276 e. The lowest BCUT2D eigenvalue weighted by Crippen LogP contribution is -1.95. The number of hydrogen-bond donors (Lipinski definition) is 0. The maximum Gasteiger partial charge on any atom is -0.0276 e. The van der Waals surface area contributed by atoms with Crippen LogP contribution in [0.3, 0.4) is 0 Å². The Bertz CT molecular complexity index is 1090. The molecule has 0 aliphatic rings. The van der Waals surface area contributed by atoms with Crippen molar-refractivity contribution in [2.24, 2.45) is 0 Å². The van der Waals surface area contributed by atoms with Crippen LogP contribution in [0, 0.1) is 0 Å². The summed E-state index contributed by atoms with van der Waals surface area (Å²) in [5.74, 6) is 0. The van der Waals surface area contributed by atoms with E-state index in [4.69, 9.17) is 0 Å². The normalized spacial score (nSPS) is 11.7. The summed E-state index contributed by atoms with van der Waals surface area (Å²) >= 11 is 0. The molecule has 0 aromatic heterocycles. The van der Waals surface area contributed by atoms with Crippen molar-refractivity contribution in [1.82, 2.24) is 0 Å². The van der Waals surface area contributed by atoms with Crippen molar-refractivity contribution in [3.63, 3.8) is 0 Å². The van der Waals surface area contributed by atoms with Crippen molar-refractivity contribution < 1.29 is 0 Å². The van der Waals surface area contributed by atoms with E-state index in [9.17, 15) is 0 Å². The van der Waals surface area contributed by atoms with Gasteiger partial charge in [0, 0.05) is 0 Å². The summed E-state index contributed by atoms with van der Waals surface area (Å²) in [7, 11) is 0. The van der Waals surface area contributed by atoms with E-state index >= 15 is 0 Å². The second-order valence-corrected chi connectivity index (χ2v) is 26.6. The van der Waals surface area contributed by atoms with Crippen LogP contribution in [0.4, 0.5) is 0 Å². The minimum absolute atomic E-state index is 1.30. The minimum Gasteiger partial charge on any atom is -0.0654 e. The average molecular weight is 1090 g/mol. The van der Waals surface area contributed by atoms with Gasteiger partial charge in [0.25, 0.3) is 0 Å². The van der Waals surface area contributed by atoms with Gasteiger partial charge in [-0.2, -0.15) is 0 Å². The van der Waals surface area contributed by atoms with Crippen molar-refractivity contribution in [3.05, 3.63) is 35.4 Å². The fourth-order valence-corrected chi connectivity index (χ4v) is 13.1. The van der Waals surface area contributed by atoms with Crippen molar-refractivity contribution >= 4 is 0 Å². The molecule has 0 nitrogen and oxygen atoms in total. The maximum atomic E-state index is 2.43. The molecule has 1 rings (SSSR count). The molecule has 462 valence electrons. The lowest BCUT2D eigenvalue weighted by Gasteiger charge is -2.10. The van der Waals surface area contributed by atoms with Gasteiger partial charge < -0.3 is 0 Å². The SMILES string of the molecule is CCCCCCCCCCCCCCCCCCCCCCCCCCCCCCCCCCCCc1ccccc1CCCCCCCCCCCCCCCCCCCCCCCCCCCCCCCCCCCC. The molecule has 0 saturated heterocycles. The Balaban J connectivity index is 1.73. The molecule has 1 aromatic carbocycles. The molecule has 1 aromatic rings. The molecule has 78 heavy (non-hydrogen) atoms. The zero-order valence-corrected chi connectivity index (χ0v) is 54.8. The fourth-order valence-electron chi connectivity index (χ4n) is 13.1. The summed E-state index contributed by atoms with van der Waals surface area (Å²) in [5, 5.41) is 0. The molecule has 0 heterocycles. The van der Waals surface area contributed by atoms with Crippen LogP contribution in [-0.2, 0) is 12.8 Å². The van der Waals surface area contributed by atoms with Gasteiger partial charge in [-0.3, -0.25) is 0 Å². The first kappa shape index (κ1) is 75.2. The third kappa shape index (κ3) is 61.3. The second kappa shape index (κ2) is 68.7. The molecule has 0 atom stereocenters. The van der Waals surface area contributed by atoms with Crippen molar-refractivity contribution in [3.8, 4) is 0 Å². The van der Waals surface area contributed by atoms with Crippen LogP contribution in [0.1, 0.15) is 462 Å². The summed E-state index contributed by atoms with van der Waals surface area (Å²) in [6.45, 7) is 4.63. The number of benzene rings is 1. The molecule has 0 amide bonds. The second-order valence-electron chi connectivity index (χ2n) is 26.6. The Morgan fingerprint density at radius 1 is 0.141 bits per heavy atom. The number of rotatable bonds is 70. The zero-order valence-electron chi connectivity index (χ0n) is 54.8. The Labute approximate surface area is 496 Å². The van der Waals surface area contributed by atoms with Crippen LogP contribution in [0.25, 0.3) is 0 Å². The van der Waals surface area contributed by atoms with Gasteiger partial charge in [-0.25, -0.2) is 0 Å². The highest BCUT2D eigenvalue weighted by atomic mass is 14.1. The van der Waals surface area contributed by atoms with E-state index in [-0.39, 0.29) is 0 Å². The van der Waals surface area contributed by atoms with Gasteiger partial charge in [-0.1, -0.05) is 462 Å². The summed E-state index contributed by atoms with van der Waals surface area (Å²) in [5.41, 5.74) is 3.30. The quantitative estimate of drug-likeness (QED) is 0.0571. The molecular formula is C78H150. The van der Waals surface area contributed by atoms with Gasteiger partial charge in [0.05, 0.1) is 0 Å². The van der Waals surface area contributed by atoms with Gasteiger partial charge in [0.1, 0.15) is 0 Å². The third-order valence-corrected chi connectivity index (χ3v) is 18.7. The zero-order chi connectivity index (χ0) is 55.5. The Morgan fingerprint density at radius 2 is 0.244 bits per heavy atom. The summed E-state index contributed by atoms with van der Waals surface area (Å²) in [6, 6.07) is 9.44. The van der Waals surface area contributed by atoms with E-state index in [2.05, 4.69) is 38.1 Å². The number of aryl methyl sites for hydroxylation is 2. The lowest BCUT2D eigenvalue weighted by atomic mass is 9.96. The molecule has 0 radical (unpaired) electrons. The Hall–Kier alpha value is -0.780. The molecule has 0 spiro atoms. The van der Waals surface area contributed by atoms with Gasteiger partial charge in [0.2, 0.25) is 0 Å². The van der Waals surface area contributed by atoms with E-state index in [1.165, 1.54) is 449 Å². The first-order chi connectivity index (χ1) is 38.9. The van der Waals surface area contributed by atoms with Crippen LogP contribution < -0.4 is 0 Å². The highest BCUT2D eigenvalue weighted by Gasteiger charge is 2.04. The number of hydrogen-bond acceptors (Lipinski definition) is 0. The molecule has 0 aliphatic heterocycles. The van der Waals surface area contributed by atoms with Crippen LogP contribution in [-0.4, -0.2) is 0 Å². The minimum atomic E-state index is 1.30. The summed E-state index contributed by atoms with van der Waals surface area (Å²) in [4.78, 5) is 0. The standard InChI is InChI=1S/C78H150/c1-3-5-7-9-11-13-15-17-19-21-23-25-27-29-31-33-35-37-39-41-43-45-47-49-51-53-55-57-59-61-63-65-67-69-73-77-75-71-72-76-78(77)74-70-68-66-64-62-60-58-56-54-52-50-48-46-44-42-40-38-36-34-32-30-28-26-24-22-20-18-16-14-12-10-8-6-4-2/h71-72,75-76H,3-70,73-74H2,1-2H3. The molecule has 0 heteroatoms. The van der Waals surface area contributed by atoms with Crippen LogP contribution in [0.2, 0.25) is 0 Å². The first-order valence-electron chi connectivity index (χ1n) is 37.9. The van der Waals surface area contributed by atoms with Crippen molar-refractivity contribution in [1.29, 1.82) is 0 Å². The van der Waals surface area contributed by atoms with Crippen LogP contribution >= 0.6 is 0 Å². The van der Waals surface area contributed by atoms with E-state index in [0.717, 1.165) is 0 Å². The maximum absolute atomic E-state index is 2.43. The van der Waals surface area contributed by atoms with Crippen molar-refractivity contribution in [2.45, 2.75) is 463 Å². The van der Waals surface area contributed by atoms with Crippen molar-refractivity contribution in [2.75, 3.05) is 0 Å². The van der Waals surface area contributed by atoms with Gasteiger partial charge in [-0.05, 0) is 36.8 Å². The monoisotopic (exact) mass is 1090 g/mol. The fraction of sp³-hybridized carbons (Fsp3) is 0.923. The Morgan fingerprint density at radius 3 is 0.359 bits per heavy atom. The molecule has 0 unspecified atom stereocenters. The van der Waals surface area contributed by atoms with E-state index < -0.39 is 0 Å². The molecular weight excluding hydrogens is 937 g/mol. The summed E-state index contributed by atoms with van der Waals surface area (Å²) < 4.78 is 0. The topological polar surface area (TPSA) is 0 Å². The van der Waals surface area contributed by atoms with Gasteiger partial charge in [0.15, 0.2) is 0 Å². The molecule has 0 fully saturated rings. The Kier molecular flexibility index (Phi) is 66.3. The highest BCUT2D eigenvalue weighted by molar-refractivity contribution is 5.27. The number of unbranched alkanes of at least 4 members (excludes halogenated alkanes) is 66. The predicted octanol–water partition coefficient (Wildman–Crippen LogP) is 29.3. The highest BCUT2D eigenvalue weighted by Crippen LogP contribution is 2.22. The molecule has 0 saturated carbocycles. The third-order valence-electron chi connectivity index (χ3n) is 18.7. The van der Waals surface area contributed by atoms with E-state index in [1.807, 2.05) is 0 Å². The van der Waals surface area contributed by atoms with Crippen LogP contribution in [0.15, 0.2) is 24.3 Å². The van der Waals surface area contributed by atoms with E-state index in [0.29, 0.717) is 0 Å². The first-order valence-corrected chi connectivity index (χ1v) is 37.9. The predicted molar refractivity (Wildman–Crippen MR) is 359 cm³/mol. The van der Waals surface area contributed by atoms with Gasteiger partial charge >= 0.3 is 0 Å². The van der Waals surface area contributed by atoms with Crippen LogP contribution in [0.5, 0.6) is 0 Å². The van der Waals surface area contributed by atoms with E-state index in [1.54, 1.807) is 11.1 Å². The molecule has 0 N–H and O–H groups in total. The average Bonchev–Trinajstić information content (AvgIpc) is 3.45. The molecule has 0 aliphatic carbocycles.